The zero-order chi connectivity index (χ0) is 29.5. The van der Waals surface area contributed by atoms with E-state index in [-0.39, 0.29) is 46.5 Å². The Morgan fingerprint density at radius 2 is 1.91 bits per heavy atom. The van der Waals surface area contributed by atoms with Crippen LogP contribution >= 0.6 is 0 Å². The van der Waals surface area contributed by atoms with Crippen molar-refractivity contribution in [2.45, 2.75) is 69.0 Å². The number of halogens is 4. The van der Waals surface area contributed by atoms with Crippen molar-refractivity contribution in [1.29, 1.82) is 0 Å². The van der Waals surface area contributed by atoms with Gasteiger partial charge in [-0.25, -0.2) is 17.6 Å². The van der Waals surface area contributed by atoms with Gasteiger partial charge >= 0.3 is 6.01 Å². The number of nitrogens with one attached hydrogen (secondary N) is 2. The van der Waals surface area contributed by atoms with E-state index in [2.05, 4.69) is 30.4 Å². The summed E-state index contributed by atoms with van der Waals surface area (Å²) in [6, 6.07) is 1.16. The van der Waals surface area contributed by atoms with Crippen LogP contribution in [0.5, 0.6) is 6.01 Å². The second-order valence-electron chi connectivity index (χ2n) is 12.6. The maximum absolute atomic E-state index is 16.6. The highest BCUT2D eigenvalue weighted by Crippen LogP contribution is 2.42. The molecule has 2 unspecified atom stereocenters. The van der Waals surface area contributed by atoms with E-state index in [0.717, 1.165) is 38.8 Å². The molecular formula is C30H32F4N8O. The maximum Gasteiger partial charge on any atom is 0.319 e. The first-order chi connectivity index (χ1) is 20.8. The van der Waals surface area contributed by atoms with Gasteiger partial charge in [0, 0.05) is 36.3 Å². The van der Waals surface area contributed by atoms with E-state index in [1.54, 1.807) is 11.8 Å². The van der Waals surface area contributed by atoms with Gasteiger partial charge in [-0.15, -0.1) is 0 Å². The molecule has 0 radical (unpaired) electrons. The molecule has 2 N–H and O–H groups in total. The number of fused-ring (bicyclic) bond motifs is 5. The number of hydrogen-bond donors (Lipinski definition) is 2. The number of nitrogens with zero attached hydrogens (tertiary/aromatic N) is 6. The van der Waals surface area contributed by atoms with Gasteiger partial charge in [-0.1, -0.05) is 0 Å². The van der Waals surface area contributed by atoms with E-state index >= 15 is 4.39 Å². The Morgan fingerprint density at radius 1 is 1.09 bits per heavy atom. The van der Waals surface area contributed by atoms with Crippen molar-refractivity contribution in [3.05, 3.63) is 35.7 Å². The van der Waals surface area contributed by atoms with E-state index in [1.807, 2.05) is 0 Å². The van der Waals surface area contributed by atoms with E-state index in [1.165, 1.54) is 18.5 Å². The summed E-state index contributed by atoms with van der Waals surface area (Å²) >= 11 is 0. The molecule has 4 aliphatic rings. The molecule has 4 aliphatic heterocycles. The highest BCUT2D eigenvalue weighted by Gasteiger charge is 2.51. The van der Waals surface area contributed by atoms with Crippen LogP contribution < -0.4 is 15.0 Å². The van der Waals surface area contributed by atoms with Gasteiger partial charge in [0.05, 0.1) is 28.2 Å². The van der Waals surface area contributed by atoms with Gasteiger partial charge in [-0.05, 0) is 70.2 Å². The van der Waals surface area contributed by atoms with Crippen molar-refractivity contribution in [2.24, 2.45) is 0 Å². The van der Waals surface area contributed by atoms with E-state index < -0.39 is 23.6 Å². The average molecular weight is 597 g/mol. The predicted octanol–water partition coefficient (Wildman–Crippen LogP) is 4.74. The third kappa shape index (κ3) is 4.10. The quantitative estimate of drug-likeness (QED) is 0.309. The number of anilines is 1. The summed E-state index contributed by atoms with van der Waals surface area (Å²) < 4.78 is 66.4. The van der Waals surface area contributed by atoms with Crippen LogP contribution in [-0.2, 0) is 0 Å². The topological polar surface area (TPSA) is 95.1 Å². The van der Waals surface area contributed by atoms with Crippen molar-refractivity contribution in [3.8, 4) is 17.3 Å². The maximum atomic E-state index is 16.6. The zero-order valence-electron chi connectivity index (χ0n) is 23.8. The lowest BCUT2D eigenvalue weighted by molar-refractivity contribution is 0.0367. The van der Waals surface area contributed by atoms with Crippen molar-refractivity contribution in [2.75, 3.05) is 37.7 Å². The number of piperazine rings is 1. The second-order valence-corrected chi connectivity index (χ2v) is 12.6. The number of ether oxygens (including phenoxy) is 1. The number of benzene rings is 1. The Labute approximate surface area is 245 Å². The molecule has 9 nitrogen and oxygen atoms in total. The number of aromatic nitrogens is 5. The van der Waals surface area contributed by atoms with Crippen LogP contribution in [0.25, 0.3) is 33.1 Å². The Balaban J connectivity index is 1.27. The fourth-order valence-corrected chi connectivity index (χ4v) is 7.95. The number of aromatic amines is 1. The van der Waals surface area contributed by atoms with Crippen LogP contribution in [0.2, 0.25) is 0 Å². The Bertz CT molecular complexity index is 1740. The molecule has 0 spiro atoms. The van der Waals surface area contributed by atoms with Gasteiger partial charge in [0.2, 0.25) is 0 Å². The Hall–Kier alpha value is -3.58. The normalized spacial score (nSPS) is 25.0. The van der Waals surface area contributed by atoms with Gasteiger partial charge in [-0.2, -0.15) is 15.1 Å². The number of hydrogen-bond acceptors (Lipinski definition) is 8. The summed E-state index contributed by atoms with van der Waals surface area (Å²) in [6.45, 7) is 4.40. The van der Waals surface area contributed by atoms with Crippen LogP contribution in [0.3, 0.4) is 0 Å². The second kappa shape index (κ2) is 9.71. The first-order valence-electron chi connectivity index (χ1n) is 14.9. The smallest absolute Gasteiger partial charge is 0.319 e. The molecule has 0 amide bonds. The fraction of sp³-hybridized carbons (Fsp3) is 0.533. The van der Waals surface area contributed by atoms with Crippen molar-refractivity contribution in [3.63, 3.8) is 0 Å². The summed E-state index contributed by atoms with van der Waals surface area (Å²) in [4.78, 5) is 17.9. The molecule has 4 fully saturated rings. The first kappa shape index (κ1) is 27.0. The molecule has 1 aromatic carbocycles. The van der Waals surface area contributed by atoms with Crippen molar-refractivity contribution < 1.29 is 22.3 Å². The minimum absolute atomic E-state index is 0.00640. The zero-order valence-corrected chi connectivity index (χ0v) is 23.8. The molecule has 3 aromatic heterocycles. The first-order valence-corrected chi connectivity index (χ1v) is 14.9. The highest BCUT2D eigenvalue weighted by atomic mass is 19.3. The molecule has 8 rings (SSSR count). The Morgan fingerprint density at radius 3 is 2.70 bits per heavy atom. The lowest BCUT2D eigenvalue weighted by atomic mass is 9.95. The third-order valence-corrected chi connectivity index (χ3v) is 10.2. The summed E-state index contributed by atoms with van der Waals surface area (Å²) in [5, 5.41) is 10.7. The summed E-state index contributed by atoms with van der Waals surface area (Å²) in [5.41, 5.74) is -0.677. The van der Waals surface area contributed by atoms with Crippen molar-refractivity contribution >= 4 is 27.6 Å². The number of pyridine rings is 1. The van der Waals surface area contributed by atoms with Crippen LogP contribution in [0, 0.1) is 18.6 Å². The number of alkyl halides is 2. The van der Waals surface area contributed by atoms with Crippen LogP contribution in [-0.4, -0.2) is 86.4 Å². The SMILES string of the molecule is Cc1c(F)cc2[nH]ncc2c1-c1ncc2c(N3CC4CCC(C(F)F)(C3)N4)nc(OCC34CCCN3CCC4)nc2c1F. The summed E-state index contributed by atoms with van der Waals surface area (Å²) in [6.07, 6.45) is 5.53. The molecule has 226 valence electrons. The molecule has 0 aliphatic carbocycles. The van der Waals surface area contributed by atoms with Crippen LogP contribution in [0.15, 0.2) is 18.5 Å². The minimum atomic E-state index is -2.58. The third-order valence-electron chi connectivity index (χ3n) is 10.2. The molecule has 4 saturated heterocycles. The van der Waals surface area contributed by atoms with Crippen LogP contribution in [0.4, 0.5) is 23.4 Å². The molecule has 13 heteroatoms. The molecule has 2 atom stereocenters. The monoisotopic (exact) mass is 596 g/mol. The average Bonchev–Trinajstić information content (AvgIpc) is 3.77. The minimum Gasteiger partial charge on any atom is -0.461 e. The standard InChI is InChI=1S/C30H32F4N8O/c1-16-20(31)10-21-18(12-36-40-21)22(16)25-23(32)24-19(11-35-25)26(41-13-17-4-7-30(14-41,39-17)27(33)34)38-28(37-24)43-15-29-5-2-8-42(29)9-3-6-29/h10-12,17,27,39H,2-9,13-15H2,1H3,(H,36,40). The van der Waals surface area contributed by atoms with E-state index in [0.29, 0.717) is 48.1 Å². The van der Waals surface area contributed by atoms with Gasteiger partial charge in [-0.3, -0.25) is 15.0 Å². The van der Waals surface area contributed by atoms with Gasteiger partial charge < -0.3 is 15.0 Å². The van der Waals surface area contributed by atoms with Gasteiger partial charge in [0.1, 0.15) is 29.5 Å². The molecule has 43 heavy (non-hydrogen) atoms. The lowest BCUT2D eigenvalue weighted by Crippen LogP contribution is -2.63. The highest BCUT2D eigenvalue weighted by molar-refractivity contribution is 5.99. The number of H-pyrrole nitrogens is 1. The van der Waals surface area contributed by atoms with E-state index in [4.69, 9.17) is 9.72 Å². The molecule has 4 aromatic rings. The fourth-order valence-electron chi connectivity index (χ4n) is 7.95. The van der Waals surface area contributed by atoms with Crippen molar-refractivity contribution in [1.82, 2.24) is 35.4 Å². The molecule has 0 saturated carbocycles. The molecular weight excluding hydrogens is 564 g/mol. The molecule has 7 heterocycles. The van der Waals surface area contributed by atoms with Gasteiger partial charge in [0.25, 0.3) is 6.43 Å². The number of rotatable bonds is 6. The lowest BCUT2D eigenvalue weighted by Gasteiger charge is -2.41. The summed E-state index contributed by atoms with van der Waals surface area (Å²) in [7, 11) is 0. The largest absolute Gasteiger partial charge is 0.461 e. The summed E-state index contributed by atoms with van der Waals surface area (Å²) in [5.74, 6) is -0.968. The molecule has 2 bridgehead atoms. The predicted molar refractivity (Wildman–Crippen MR) is 152 cm³/mol. The van der Waals surface area contributed by atoms with Crippen LogP contribution in [0.1, 0.15) is 44.1 Å². The van der Waals surface area contributed by atoms with Gasteiger partial charge in [0.15, 0.2) is 5.82 Å². The van der Waals surface area contributed by atoms with E-state index in [9.17, 15) is 13.2 Å². The Kier molecular flexibility index (Phi) is 6.10.